The summed E-state index contributed by atoms with van der Waals surface area (Å²) >= 11 is 3.48. The second-order valence-electron chi connectivity index (χ2n) is 4.44. The Kier molecular flexibility index (Phi) is 4.82. The van der Waals surface area contributed by atoms with Gasteiger partial charge in [0, 0.05) is 9.75 Å². The van der Waals surface area contributed by atoms with Gasteiger partial charge in [0.05, 0.1) is 6.04 Å². The van der Waals surface area contributed by atoms with E-state index in [0.29, 0.717) is 0 Å². The first-order valence-corrected chi connectivity index (χ1v) is 8.41. The molecule has 0 aliphatic heterocycles. The minimum absolute atomic E-state index is 0.262. The number of thiophene rings is 1. The zero-order chi connectivity index (χ0) is 13.8. The highest BCUT2D eigenvalue weighted by molar-refractivity contribution is 7.98. The van der Waals surface area contributed by atoms with Crippen LogP contribution in [0.1, 0.15) is 35.2 Å². The number of rotatable bonds is 5. The average molecular weight is 293 g/mol. The van der Waals surface area contributed by atoms with E-state index in [2.05, 4.69) is 42.4 Å². The number of anilines is 1. The summed E-state index contributed by atoms with van der Waals surface area (Å²) in [6.45, 7) is 6.54. The molecule has 2 aromatic heterocycles. The van der Waals surface area contributed by atoms with Crippen molar-refractivity contribution in [2.45, 2.75) is 38.3 Å². The molecule has 0 aliphatic carbocycles. The van der Waals surface area contributed by atoms with E-state index in [4.69, 9.17) is 0 Å². The summed E-state index contributed by atoms with van der Waals surface area (Å²) in [6, 6.07) is 6.50. The molecule has 3 nitrogen and oxygen atoms in total. The number of nitrogens with zero attached hydrogens (tertiary/aromatic N) is 2. The van der Waals surface area contributed by atoms with Crippen LogP contribution in [0, 0.1) is 6.92 Å². The number of aromatic nitrogens is 2. The normalized spacial score (nSPS) is 12.4. The molecule has 0 fully saturated rings. The first-order valence-electron chi connectivity index (χ1n) is 6.37. The highest BCUT2D eigenvalue weighted by Crippen LogP contribution is 2.29. The number of hydrogen-bond acceptors (Lipinski definition) is 5. The molecule has 0 spiro atoms. The molecule has 19 heavy (non-hydrogen) atoms. The maximum Gasteiger partial charge on any atom is 0.149 e. The third kappa shape index (κ3) is 3.48. The van der Waals surface area contributed by atoms with Gasteiger partial charge in [0.2, 0.25) is 0 Å². The fourth-order valence-corrected chi connectivity index (χ4v) is 3.36. The molecule has 0 saturated carbocycles. The predicted octanol–water partition coefficient (Wildman–Crippen LogP) is 4.30. The minimum Gasteiger partial charge on any atom is -0.361 e. The fraction of sp³-hybridized carbons (Fsp3) is 0.429. The van der Waals surface area contributed by atoms with Crippen molar-refractivity contribution in [3.05, 3.63) is 33.5 Å². The third-order valence-electron chi connectivity index (χ3n) is 3.00. The summed E-state index contributed by atoms with van der Waals surface area (Å²) in [6.07, 6.45) is 3.10. The lowest BCUT2D eigenvalue weighted by Crippen LogP contribution is -2.07. The van der Waals surface area contributed by atoms with Gasteiger partial charge >= 0.3 is 0 Å². The van der Waals surface area contributed by atoms with Crippen LogP contribution in [0.5, 0.6) is 0 Å². The van der Waals surface area contributed by atoms with Crippen LogP contribution in [0.3, 0.4) is 0 Å². The van der Waals surface area contributed by atoms with Crippen LogP contribution < -0.4 is 5.32 Å². The Morgan fingerprint density at radius 1 is 1.37 bits per heavy atom. The molecule has 0 bridgehead atoms. The lowest BCUT2D eigenvalue weighted by Gasteiger charge is -2.12. The Balaban J connectivity index is 2.08. The van der Waals surface area contributed by atoms with Gasteiger partial charge in [0.15, 0.2) is 0 Å². The van der Waals surface area contributed by atoms with Gasteiger partial charge in [0.1, 0.15) is 10.8 Å². The van der Waals surface area contributed by atoms with Crippen molar-refractivity contribution in [1.82, 2.24) is 10.2 Å². The molecule has 1 atom stereocenters. The van der Waals surface area contributed by atoms with E-state index in [0.717, 1.165) is 17.3 Å². The molecule has 0 radical (unpaired) electrons. The number of thioether (sulfide) groups is 1. The average Bonchev–Trinajstić information content (AvgIpc) is 2.81. The van der Waals surface area contributed by atoms with Gasteiger partial charge in [-0.1, -0.05) is 6.92 Å². The minimum atomic E-state index is 0.262. The van der Waals surface area contributed by atoms with E-state index in [-0.39, 0.29) is 6.04 Å². The van der Waals surface area contributed by atoms with E-state index in [1.54, 1.807) is 11.8 Å². The molecule has 0 aromatic carbocycles. The van der Waals surface area contributed by atoms with Crippen molar-refractivity contribution >= 4 is 28.9 Å². The second kappa shape index (κ2) is 6.39. The van der Waals surface area contributed by atoms with Crippen LogP contribution in [0.15, 0.2) is 23.2 Å². The Labute approximate surface area is 122 Å². The molecular formula is C14H19N3S2. The van der Waals surface area contributed by atoms with Gasteiger partial charge in [-0.3, -0.25) is 0 Å². The summed E-state index contributed by atoms with van der Waals surface area (Å²) in [4.78, 5) is 2.82. The first-order chi connectivity index (χ1) is 9.13. The molecule has 0 aliphatic rings. The molecule has 1 unspecified atom stereocenters. The summed E-state index contributed by atoms with van der Waals surface area (Å²) in [5, 5.41) is 12.7. The molecule has 0 amide bonds. The summed E-state index contributed by atoms with van der Waals surface area (Å²) in [5.74, 6) is 0.828. The molecule has 0 saturated heterocycles. The second-order valence-corrected chi connectivity index (χ2v) is 6.43. The fourth-order valence-electron chi connectivity index (χ4n) is 1.91. The van der Waals surface area contributed by atoms with Crippen LogP contribution in [0.25, 0.3) is 0 Å². The summed E-state index contributed by atoms with van der Waals surface area (Å²) in [5.41, 5.74) is 1.39. The molecule has 102 valence electrons. The molecule has 2 aromatic rings. The topological polar surface area (TPSA) is 37.8 Å². The van der Waals surface area contributed by atoms with Gasteiger partial charge in [0.25, 0.3) is 0 Å². The SMILES string of the molecule is CCc1sc(C(C)Nc2ccc(SC)nn2)cc1C. The zero-order valence-electron chi connectivity index (χ0n) is 11.7. The van der Waals surface area contributed by atoms with E-state index in [9.17, 15) is 0 Å². The highest BCUT2D eigenvalue weighted by atomic mass is 32.2. The van der Waals surface area contributed by atoms with Gasteiger partial charge in [-0.15, -0.1) is 33.3 Å². The van der Waals surface area contributed by atoms with Crippen molar-refractivity contribution < 1.29 is 0 Å². The quantitative estimate of drug-likeness (QED) is 0.834. The zero-order valence-corrected chi connectivity index (χ0v) is 13.4. The van der Waals surface area contributed by atoms with Crippen molar-refractivity contribution in [3.8, 4) is 0 Å². The van der Waals surface area contributed by atoms with E-state index < -0.39 is 0 Å². The Hall–Kier alpha value is -1.07. The lowest BCUT2D eigenvalue weighted by molar-refractivity contribution is 0.858. The largest absolute Gasteiger partial charge is 0.361 e. The van der Waals surface area contributed by atoms with Gasteiger partial charge in [-0.25, -0.2) is 0 Å². The van der Waals surface area contributed by atoms with Gasteiger partial charge in [-0.2, -0.15) is 0 Å². The molecule has 5 heteroatoms. The van der Waals surface area contributed by atoms with Gasteiger partial charge < -0.3 is 5.32 Å². The Morgan fingerprint density at radius 3 is 2.68 bits per heavy atom. The van der Waals surface area contributed by atoms with Crippen LogP contribution in [-0.2, 0) is 6.42 Å². The maximum atomic E-state index is 4.19. The highest BCUT2D eigenvalue weighted by Gasteiger charge is 2.11. The van der Waals surface area contributed by atoms with Crippen LogP contribution in [0.2, 0.25) is 0 Å². The smallest absolute Gasteiger partial charge is 0.149 e. The monoisotopic (exact) mass is 293 g/mol. The Morgan fingerprint density at radius 2 is 2.16 bits per heavy atom. The van der Waals surface area contributed by atoms with Crippen LogP contribution in [0.4, 0.5) is 5.82 Å². The van der Waals surface area contributed by atoms with E-state index in [1.165, 1.54) is 15.3 Å². The standard InChI is InChI=1S/C14H19N3S2/c1-5-11-9(2)8-12(19-11)10(3)15-13-6-7-14(18-4)17-16-13/h6-8,10H,5H2,1-4H3,(H,15,16). The number of nitrogens with one attached hydrogen (secondary N) is 1. The molecule has 2 heterocycles. The van der Waals surface area contributed by atoms with E-state index >= 15 is 0 Å². The molecule has 1 N–H and O–H groups in total. The van der Waals surface area contributed by atoms with Crippen molar-refractivity contribution in [1.29, 1.82) is 0 Å². The van der Waals surface area contributed by atoms with Crippen molar-refractivity contribution in [2.75, 3.05) is 11.6 Å². The van der Waals surface area contributed by atoms with Gasteiger partial charge in [-0.05, 0) is 50.3 Å². The first kappa shape index (κ1) is 14.3. The van der Waals surface area contributed by atoms with Crippen molar-refractivity contribution in [3.63, 3.8) is 0 Å². The Bertz CT molecular complexity index is 534. The maximum absolute atomic E-state index is 4.19. The number of aryl methyl sites for hydroxylation is 2. The third-order valence-corrected chi connectivity index (χ3v) is 5.20. The summed E-state index contributed by atoms with van der Waals surface area (Å²) in [7, 11) is 0. The van der Waals surface area contributed by atoms with Crippen molar-refractivity contribution in [2.24, 2.45) is 0 Å². The summed E-state index contributed by atoms with van der Waals surface area (Å²) < 4.78 is 0. The number of hydrogen-bond donors (Lipinski definition) is 1. The molecule has 2 rings (SSSR count). The lowest BCUT2D eigenvalue weighted by atomic mass is 10.2. The van der Waals surface area contributed by atoms with Crippen LogP contribution in [-0.4, -0.2) is 16.5 Å². The van der Waals surface area contributed by atoms with Crippen LogP contribution >= 0.6 is 23.1 Å². The van der Waals surface area contributed by atoms with E-state index in [1.807, 2.05) is 29.7 Å². The molecular weight excluding hydrogens is 274 g/mol. The predicted molar refractivity (Wildman–Crippen MR) is 84.3 cm³/mol.